The normalized spacial score (nSPS) is 73.7. The number of hydrogen-bond acceptors (Lipinski definition) is 2. The van der Waals surface area contributed by atoms with Crippen LogP contribution in [0.2, 0.25) is 0 Å². The Morgan fingerprint density at radius 2 is 1.71 bits per heavy atom. The maximum absolute atomic E-state index is 11.3. The summed E-state index contributed by atoms with van der Waals surface area (Å²) in [5, 5.41) is 0. The van der Waals surface area contributed by atoms with Crippen LogP contribution in [0.3, 0.4) is 0 Å². The van der Waals surface area contributed by atoms with Crippen molar-refractivity contribution in [1.29, 1.82) is 0 Å². The summed E-state index contributed by atoms with van der Waals surface area (Å²) < 4.78 is 79.2. The molecule has 0 aromatic rings. The molecule has 0 atom stereocenters. The highest BCUT2D eigenvalue weighted by Gasteiger charge is 2.16. The third-order valence-corrected chi connectivity index (χ3v) is 1.17. The molecule has 1 saturated heterocycles. The first-order chi connectivity index (χ1) is 6.25. The van der Waals surface area contributed by atoms with Gasteiger partial charge in [-0.1, -0.05) is 0 Å². The molecular weight excluding hydrogens is 112 g/mol. The van der Waals surface area contributed by atoms with Gasteiger partial charge in [0.2, 0.25) is 0 Å². The molecule has 7 heavy (non-hydrogen) atoms. The molecule has 3 heteroatoms. The maximum Gasteiger partial charge on any atom is 0.150 e. The molecular formula is C4H8O2S. The van der Waals surface area contributed by atoms with Gasteiger partial charge in [-0.05, 0) is 12.7 Å². The maximum atomic E-state index is 11.3. The van der Waals surface area contributed by atoms with Crippen LogP contribution in [0, 0.1) is 0 Å². The molecule has 0 aromatic carbocycles. The Bertz CT molecular complexity index is 363. The summed E-state index contributed by atoms with van der Waals surface area (Å²) in [5.41, 5.74) is -7.18. The molecule has 0 N–H and O–H groups in total. The Balaban J connectivity index is 3.71. The van der Waals surface area contributed by atoms with Crippen molar-refractivity contribution in [2.24, 2.45) is 0 Å². The number of sulfone groups is 1. The highest BCUT2D eigenvalue weighted by molar-refractivity contribution is 7.91. The first kappa shape index (κ1) is 1.10. The van der Waals surface area contributed by atoms with E-state index in [9.17, 15) is 8.42 Å². The Kier molecular flexibility index (Phi) is 0.232. The smallest absolute Gasteiger partial charge is 0.150 e. The second-order valence-corrected chi connectivity index (χ2v) is 2.37. The largest absolute Gasteiger partial charge is 0.229 e. The molecule has 0 aromatic heterocycles. The topological polar surface area (TPSA) is 34.1 Å². The average Bonchev–Trinajstić information content (AvgIpc) is 2.04. The minimum atomic E-state index is -5.20. The molecule has 1 heterocycles. The Hall–Kier alpha value is -0.0500. The zero-order valence-electron chi connectivity index (χ0n) is 11.2. The van der Waals surface area contributed by atoms with E-state index in [2.05, 4.69) is 0 Å². The highest BCUT2D eigenvalue weighted by atomic mass is 32.2. The molecule has 2 nitrogen and oxygen atoms in total. The van der Waals surface area contributed by atoms with Gasteiger partial charge in [0.25, 0.3) is 0 Å². The van der Waals surface area contributed by atoms with E-state index in [1.807, 2.05) is 0 Å². The lowest BCUT2D eigenvalue weighted by atomic mass is 10.4. The molecule has 1 aliphatic rings. The van der Waals surface area contributed by atoms with Crippen LogP contribution >= 0.6 is 0 Å². The van der Waals surface area contributed by atoms with Crippen LogP contribution in [0.15, 0.2) is 0 Å². The molecule has 0 radical (unpaired) electrons. The third kappa shape index (κ3) is 1.16. The van der Waals surface area contributed by atoms with E-state index < -0.39 is 34.0 Å². The van der Waals surface area contributed by atoms with Gasteiger partial charge in [0, 0.05) is 11.0 Å². The van der Waals surface area contributed by atoms with Crippen molar-refractivity contribution in [1.82, 2.24) is 0 Å². The van der Waals surface area contributed by atoms with Crippen molar-refractivity contribution >= 4 is 9.84 Å². The molecule has 1 rings (SSSR count). The second kappa shape index (κ2) is 1.47. The molecule has 0 aliphatic carbocycles. The van der Waals surface area contributed by atoms with Crippen molar-refractivity contribution in [2.75, 3.05) is 11.4 Å². The quantitative estimate of drug-likeness (QED) is 0.467. The fourth-order valence-electron chi connectivity index (χ4n) is 0.211. The Morgan fingerprint density at radius 1 is 1.29 bits per heavy atom. The van der Waals surface area contributed by atoms with Crippen LogP contribution in [0.25, 0.3) is 0 Å². The van der Waals surface area contributed by atoms with E-state index in [1.54, 1.807) is 0 Å². The van der Waals surface area contributed by atoms with Crippen molar-refractivity contribution in [3.05, 3.63) is 0 Å². The van der Waals surface area contributed by atoms with Gasteiger partial charge in [0.1, 0.15) is 9.84 Å². The van der Waals surface area contributed by atoms with Gasteiger partial charge >= 0.3 is 0 Å². The summed E-state index contributed by atoms with van der Waals surface area (Å²) in [4.78, 5) is 0. The summed E-state index contributed by atoms with van der Waals surface area (Å²) >= 11 is 0. The molecule has 1 aliphatic heterocycles. The summed E-state index contributed by atoms with van der Waals surface area (Å²) in [6, 6.07) is 0. The summed E-state index contributed by atoms with van der Waals surface area (Å²) in [7, 11) is -5.20. The zero-order valence-corrected chi connectivity index (χ0v) is 4.04. The van der Waals surface area contributed by atoms with Crippen LogP contribution < -0.4 is 0 Å². The minimum absolute atomic E-state index is 3.44. The fourth-order valence-corrected chi connectivity index (χ4v) is 0.633. The monoisotopic (exact) mass is 128 g/mol. The lowest BCUT2D eigenvalue weighted by Crippen LogP contribution is -1.98. The number of hydrogen-bond donors (Lipinski definition) is 0. The van der Waals surface area contributed by atoms with E-state index in [0.29, 0.717) is 0 Å². The lowest BCUT2D eigenvalue weighted by molar-refractivity contribution is 0.602. The molecule has 0 unspecified atom stereocenters. The molecule has 0 amide bonds. The van der Waals surface area contributed by atoms with Crippen molar-refractivity contribution in [2.45, 2.75) is 12.7 Å². The molecule has 0 bridgehead atoms. The molecule has 0 spiro atoms. The summed E-state index contributed by atoms with van der Waals surface area (Å²) in [5.74, 6) is 0. The van der Waals surface area contributed by atoms with E-state index in [1.165, 1.54) is 0 Å². The van der Waals surface area contributed by atoms with Crippen LogP contribution in [-0.4, -0.2) is 19.8 Å². The van der Waals surface area contributed by atoms with Gasteiger partial charge in [0.05, 0.1) is 11.4 Å². The van der Waals surface area contributed by atoms with Crippen molar-refractivity contribution in [3.63, 3.8) is 0 Å². The van der Waals surface area contributed by atoms with E-state index in [-0.39, 0.29) is 0 Å². The van der Waals surface area contributed by atoms with Crippen LogP contribution in [0.5, 0.6) is 0 Å². The average molecular weight is 128 g/mol. The first-order valence-electron chi connectivity index (χ1n) is 5.49. The van der Waals surface area contributed by atoms with Crippen molar-refractivity contribution < 1.29 is 19.4 Å². The lowest BCUT2D eigenvalue weighted by Gasteiger charge is -1.81. The van der Waals surface area contributed by atoms with Gasteiger partial charge in [-0.25, -0.2) is 8.42 Å². The van der Waals surface area contributed by atoms with Crippen LogP contribution in [-0.2, 0) is 9.84 Å². The first-order valence-corrected chi connectivity index (χ1v) is 2.97. The van der Waals surface area contributed by atoms with Crippen LogP contribution in [0.4, 0.5) is 0 Å². The van der Waals surface area contributed by atoms with Gasteiger partial charge in [-0.3, -0.25) is 0 Å². The van der Waals surface area contributed by atoms with Gasteiger partial charge in [0.15, 0.2) is 0 Å². The SMILES string of the molecule is [2H]C1([2H])C([2H])([2H])C([2H])([2H])S(=O)(=O)C1([2H])[2H]. The molecule has 1 fully saturated rings. The molecule has 42 valence electrons. The standard InChI is InChI=1S/C4H8O2S/c5-7(6)3-1-2-4-7/h1-4H2/i1D2,2D2,3D2,4D2. The summed E-state index contributed by atoms with van der Waals surface area (Å²) in [6.45, 7) is 0. The van der Waals surface area contributed by atoms with Crippen LogP contribution in [0.1, 0.15) is 23.7 Å². The third-order valence-electron chi connectivity index (χ3n) is 0.433. The van der Waals surface area contributed by atoms with E-state index >= 15 is 0 Å². The minimum Gasteiger partial charge on any atom is -0.229 e. The predicted molar refractivity (Wildman–Crippen MR) is 27.9 cm³/mol. The van der Waals surface area contributed by atoms with E-state index in [4.69, 9.17) is 11.0 Å². The van der Waals surface area contributed by atoms with E-state index in [0.717, 1.165) is 0 Å². The Labute approximate surface area is 54.7 Å². The second-order valence-electron chi connectivity index (χ2n) is 0.958. The molecule has 0 saturated carbocycles. The Morgan fingerprint density at radius 3 is 1.86 bits per heavy atom. The highest BCUT2D eigenvalue weighted by Crippen LogP contribution is 2.08. The van der Waals surface area contributed by atoms with Crippen molar-refractivity contribution in [3.8, 4) is 0 Å². The number of rotatable bonds is 0. The van der Waals surface area contributed by atoms with Gasteiger partial charge < -0.3 is 0 Å². The fraction of sp³-hybridized carbons (Fsp3) is 1.00. The zero-order chi connectivity index (χ0) is 12.5. The van der Waals surface area contributed by atoms with Gasteiger partial charge in [-0.2, -0.15) is 0 Å². The summed E-state index contributed by atoms with van der Waals surface area (Å²) in [6.07, 6.45) is -6.88. The predicted octanol–water partition coefficient (Wildman–Crippen LogP) is 0.195. The van der Waals surface area contributed by atoms with Gasteiger partial charge in [-0.15, -0.1) is 0 Å².